The molecule has 3 nitrogen and oxygen atoms in total. The van der Waals surface area contributed by atoms with Gasteiger partial charge >= 0.3 is 0 Å². The van der Waals surface area contributed by atoms with E-state index in [1.165, 1.54) is 51.9 Å². The quantitative estimate of drug-likeness (QED) is 0.803. The van der Waals surface area contributed by atoms with Gasteiger partial charge in [-0.05, 0) is 33.7 Å². The van der Waals surface area contributed by atoms with Crippen LogP contribution < -0.4 is 5.32 Å². The van der Waals surface area contributed by atoms with E-state index >= 15 is 0 Å². The maximum absolute atomic E-state index is 3.75. The van der Waals surface area contributed by atoms with Crippen molar-refractivity contribution in [2.24, 2.45) is 0 Å². The molecule has 0 spiro atoms. The molecule has 0 aromatic heterocycles. The van der Waals surface area contributed by atoms with Crippen LogP contribution in [0.1, 0.15) is 39.5 Å². The Morgan fingerprint density at radius 1 is 1.24 bits per heavy atom. The van der Waals surface area contributed by atoms with Gasteiger partial charge in [0.15, 0.2) is 0 Å². The molecule has 1 aliphatic heterocycles. The molecule has 0 aromatic rings. The summed E-state index contributed by atoms with van der Waals surface area (Å²) in [5.41, 5.74) is 0. The highest BCUT2D eigenvalue weighted by Gasteiger charge is 2.24. The van der Waals surface area contributed by atoms with E-state index in [-0.39, 0.29) is 0 Å². The van der Waals surface area contributed by atoms with Gasteiger partial charge in [0.2, 0.25) is 0 Å². The van der Waals surface area contributed by atoms with Crippen molar-refractivity contribution in [1.29, 1.82) is 0 Å². The van der Waals surface area contributed by atoms with E-state index < -0.39 is 0 Å². The van der Waals surface area contributed by atoms with E-state index in [9.17, 15) is 0 Å². The van der Waals surface area contributed by atoms with Crippen LogP contribution in [0.15, 0.2) is 0 Å². The van der Waals surface area contributed by atoms with E-state index in [0.29, 0.717) is 12.1 Å². The second-order valence-electron chi connectivity index (χ2n) is 6.06. The topological polar surface area (TPSA) is 18.5 Å². The summed E-state index contributed by atoms with van der Waals surface area (Å²) in [7, 11) is 2.24. The van der Waals surface area contributed by atoms with Crippen LogP contribution in [0, 0.1) is 0 Å². The van der Waals surface area contributed by atoms with Crippen molar-refractivity contribution in [1.82, 2.24) is 15.1 Å². The SMILES string of the molecule is CC1CN(C(C)CNC2CCCC2)CCN1C. The van der Waals surface area contributed by atoms with Gasteiger partial charge in [-0.3, -0.25) is 4.90 Å². The molecule has 2 atom stereocenters. The smallest absolute Gasteiger partial charge is 0.0193 e. The Hall–Kier alpha value is -0.120. The van der Waals surface area contributed by atoms with Crippen LogP contribution in [0.3, 0.4) is 0 Å². The molecule has 3 heteroatoms. The minimum atomic E-state index is 0.687. The summed E-state index contributed by atoms with van der Waals surface area (Å²) in [6, 6.07) is 2.20. The molecular formula is C14H29N3. The average molecular weight is 239 g/mol. The first kappa shape index (κ1) is 13.3. The number of likely N-dealkylation sites (N-methyl/N-ethyl adjacent to an activating group) is 1. The van der Waals surface area contributed by atoms with Crippen molar-refractivity contribution in [3.05, 3.63) is 0 Å². The lowest BCUT2D eigenvalue weighted by molar-refractivity contribution is 0.0764. The van der Waals surface area contributed by atoms with Crippen LogP contribution in [0.5, 0.6) is 0 Å². The Morgan fingerprint density at radius 3 is 2.59 bits per heavy atom. The predicted octanol–water partition coefficient (Wildman–Crippen LogP) is 1.54. The standard InChI is InChI=1S/C14H29N3/c1-12(10-15-14-6-4-5-7-14)17-9-8-16(3)13(2)11-17/h12-15H,4-11H2,1-3H3. The van der Waals surface area contributed by atoms with Crippen LogP contribution in [0.25, 0.3) is 0 Å². The number of piperazine rings is 1. The molecule has 1 saturated heterocycles. The molecule has 17 heavy (non-hydrogen) atoms. The summed E-state index contributed by atoms with van der Waals surface area (Å²) in [5, 5.41) is 3.75. The van der Waals surface area contributed by atoms with E-state index in [1.807, 2.05) is 0 Å². The molecule has 0 amide bonds. The molecule has 2 rings (SSSR count). The van der Waals surface area contributed by atoms with Crippen molar-refractivity contribution in [3.8, 4) is 0 Å². The third-order valence-corrected chi connectivity index (χ3v) is 4.67. The molecule has 2 fully saturated rings. The van der Waals surface area contributed by atoms with Gasteiger partial charge in [-0.25, -0.2) is 0 Å². The van der Waals surface area contributed by atoms with Crippen LogP contribution in [-0.4, -0.2) is 61.2 Å². The predicted molar refractivity (Wildman–Crippen MR) is 73.4 cm³/mol. The fourth-order valence-corrected chi connectivity index (χ4v) is 3.07. The molecular weight excluding hydrogens is 210 g/mol. The highest BCUT2D eigenvalue weighted by molar-refractivity contribution is 4.82. The fraction of sp³-hybridized carbons (Fsp3) is 1.00. The van der Waals surface area contributed by atoms with Crippen LogP contribution in [0.4, 0.5) is 0 Å². The lowest BCUT2D eigenvalue weighted by Crippen LogP contribution is -2.55. The zero-order valence-corrected chi connectivity index (χ0v) is 11.8. The summed E-state index contributed by atoms with van der Waals surface area (Å²) in [6.45, 7) is 9.55. The molecule has 1 aliphatic carbocycles. The number of nitrogens with zero attached hydrogens (tertiary/aromatic N) is 2. The summed E-state index contributed by atoms with van der Waals surface area (Å²) < 4.78 is 0. The Morgan fingerprint density at radius 2 is 1.94 bits per heavy atom. The van der Waals surface area contributed by atoms with Crippen molar-refractivity contribution in [3.63, 3.8) is 0 Å². The zero-order valence-electron chi connectivity index (χ0n) is 11.8. The van der Waals surface area contributed by atoms with Gasteiger partial charge in [-0.15, -0.1) is 0 Å². The van der Waals surface area contributed by atoms with E-state index in [1.54, 1.807) is 0 Å². The Kier molecular flexibility index (Phi) is 4.83. The first-order valence-corrected chi connectivity index (χ1v) is 7.34. The van der Waals surface area contributed by atoms with Gasteiger partial charge in [0.05, 0.1) is 0 Å². The second kappa shape index (κ2) is 6.17. The molecule has 1 N–H and O–H groups in total. The van der Waals surface area contributed by atoms with Crippen LogP contribution in [0.2, 0.25) is 0 Å². The summed E-state index contributed by atoms with van der Waals surface area (Å²) in [6.07, 6.45) is 5.65. The largest absolute Gasteiger partial charge is 0.312 e. The number of hydrogen-bond donors (Lipinski definition) is 1. The average Bonchev–Trinajstić information content (AvgIpc) is 2.82. The first-order valence-electron chi connectivity index (χ1n) is 7.34. The molecule has 2 aliphatic rings. The van der Waals surface area contributed by atoms with Gasteiger partial charge in [-0.1, -0.05) is 12.8 Å². The van der Waals surface area contributed by atoms with Crippen LogP contribution in [-0.2, 0) is 0 Å². The third-order valence-electron chi connectivity index (χ3n) is 4.67. The molecule has 0 radical (unpaired) electrons. The van der Waals surface area contributed by atoms with Gasteiger partial charge < -0.3 is 10.2 Å². The zero-order chi connectivity index (χ0) is 12.3. The number of hydrogen-bond acceptors (Lipinski definition) is 3. The minimum absolute atomic E-state index is 0.687. The molecule has 1 heterocycles. The Bertz CT molecular complexity index is 226. The van der Waals surface area contributed by atoms with E-state index in [0.717, 1.165) is 6.04 Å². The Labute approximate surface area is 107 Å². The monoisotopic (exact) mass is 239 g/mol. The molecule has 1 saturated carbocycles. The molecule has 0 bridgehead atoms. The maximum Gasteiger partial charge on any atom is 0.0193 e. The summed E-state index contributed by atoms with van der Waals surface area (Å²) in [5.74, 6) is 0. The highest BCUT2D eigenvalue weighted by atomic mass is 15.3. The first-order chi connectivity index (χ1) is 8.16. The Balaban J connectivity index is 1.70. The summed E-state index contributed by atoms with van der Waals surface area (Å²) in [4.78, 5) is 5.11. The molecule has 2 unspecified atom stereocenters. The molecule has 0 aromatic carbocycles. The van der Waals surface area contributed by atoms with Gasteiger partial charge in [0.1, 0.15) is 0 Å². The normalized spacial score (nSPS) is 30.9. The second-order valence-corrected chi connectivity index (χ2v) is 6.06. The van der Waals surface area contributed by atoms with Gasteiger partial charge in [-0.2, -0.15) is 0 Å². The number of rotatable bonds is 4. The van der Waals surface area contributed by atoms with Crippen molar-refractivity contribution < 1.29 is 0 Å². The maximum atomic E-state index is 3.75. The lowest BCUT2D eigenvalue weighted by atomic mass is 10.1. The summed E-state index contributed by atoms with van der Waals surface area (Å²) >= 11 is 0. The highest BCUT2D eigenvalue weighted by Crippen LogP contribution is 2.18. The fourth-order valence-electron chi connectivity index (χ4n) is 3.07. The molecule has 100 valence electrons. The minimum Gasteiger partial charge on any atom is -0.312 e. The van der Waals surface area contributed by atoms with E-state index in [4.69, 9.17) is 0 Å². The van der Waals surface area contributed by atoms with Gasteiger partial charge in [0.25, 0.3) is 0 Å². The lowest BCUT2D eigenvalue weighted by Gasteiger charge is -2.41. The van der Waals surface area contributed by atoms with Gasteiger partial charge in [0, 0.05) is 44.3 Å². The third kappa shape index (κ3) is 3.67. The van der Waals surface area contributed by atoms with Crippen molar-refractivity contribution >= 4 is 0 Å². The van der Waals surface area contributed by atoms with E-state index in [2.05, 4.69) is 36.0 Å². The van der Waals surface area contributed by atoms with Crippen molar-refractivity contribution in [2.75, 3.05) is 33.2 Å². The number of nitrogens with one attached hydrogen (secondary N) is 1. The van der Waals surface area contributed by atoms with Crippen LogP contribution >= 0.6 is 0 Å². The van der Waals surface area contributed by atoms with Crippen molar-refractivity contribution in [2.45, 2.75) is 57.7 Å².